The van der Waals surface area contributed by atoms with Crippen molar-refractivity contribution in [1.29, 1.82) is 0 Å². The number of hydrogen-bond acceptors (Lipinski definition) is 6. The third-order valence-electron chi connectivity index (χ3n) is 2.65. The first-order valence-electron chi connectivity index (χ1n) is 6.18. The number of methoxy groups -OCH3 is 2. The highest BCUT2D eigenvalue weighted by atomic mass is 32.1. The van der Waals surface area contributed by atoms with Crippen LogP contribution >= 0.6 is 11.3 Å². The summed E-state index contributed by atoms with van der Waals surface area (Å²) in [4.78, 5) is 12.6. The zero-order chi connectivity index (χ0) is 14.6. The van der Waals surface area contributed by atoms with Crippen LogP contribution in [0.3, 0.4) is 0 Å². The van der Waals surface area contributed by atoms with E-state index in [0.717, 1.165) is 5.00 Å². The summed E-state index contributed by atoms with van der Waals surface area (Å²) in [7, 11) is 3.19. The summed E-state index contributed by atoms with van der Waals surface area (Å²) in [5.74, 6) is 0.486. The number of thiophene rings is 1. The first-order chi connectivity index (χ1) is 8.92. The van der Waals surface area contributed by atoms with Crippen LogP contribution in [0.4, 0.5) is 10.7 Å². The number of nitrogen functional groups attached to an aromatic ring is 1. The molecular weight excluding hydrogens is 264 g/mol. The molecule has 0 aliphatic carbocycles. The van der Waals surface area contributed by atoms with Gasteiger partial charge in [-0.15, -0.1) is 11.3 Å². The molecule has 0 bridgehead atoms. The van der Waals surface area contributed by atoms with Gasteiger partial charge in [0.25, 0.3) is 0 Å². The highest BCUT2D eigenvalue weighted by Crippen LogP contribution is 2.43. The summed E-state index contributed by atoms with van der Waals surface area (Å²) >= 11 is 1.34. The molecule has 5 nitrogen and oxygen atoms in total. The largest absolute Gasteiger partial charge is 0.492 e. The van der Waals surface area contributed by atoms with Gasteiger partial charge < -0.3 is 20.5 Å². The number of carbonyl (C=O) groups excluding carboxylic acids is 1. The van der Waals surface area contributed by atoms with Gasteiger partial charge in [0.05, 0.1) is 24.3 Å². The molecule has 108 valence electrons. The van der Waals surface area contributed by atoms with Crippen molar-refractivity contribution in [3.05, 3.63) is 4.88 Å². The van der Waals surface area contributed by atoms with E-state index >= 15 is 0 Å². The molecule has 0 aliphatic rings. The maximum atomic E-state index is 12.1. The quantitative estimate of drug-likeness (QED) is 0.754. The number of anilines is 2. The average molecular weight is 286 g/mol. The fourth-order valence-corrected chi connectivity index (χ4v) is 2.98. The lowest BCUT2D eigenvalue weighted by atomic mass is 10.1. The third-order valence-corrected chi connectivity index (χ3v) is 3.78. The van der Waals surface area contributed by atoms with Crippen LogP contribution in [-0.2, 0) is 4.74 Å². The third kappa shape index (κ3) is 3.61. The van der Waals surface area contributed by atoms with E-state index in [1.165, 1.54) is 11.3 Å². The van der Waals surface area contributed by atoms with E-state index in [2.05, 4.69) is 5.32 Å². The highest BCUT2D eigenvalue weighted by Gasteiger charge is 2.24. The maximum absolute atomic E-state index is 12.1. The lowest BCUT2D eigenvalue weighted by molar-refractivity contribution is 0.0944. The zero-order valence-corrected chi connectivity index (χ0v) is 12.9. The molecule has 1 atom stereocenters. The first-order valence-corrected chi connectivity index (χ1v) is 6.99. The SMILES string of the molecule is COCC(C)Nc1sc(C(=O)C(C)C)c(N)c1OC. The summed E-state index contributed by atoms with van der Waals surface area (Å²) < 4.78 is 10.4. The van der Waals surface area contributed by atoms with Gasteiger partial charge in [-0.25, -0.2) is 0 Å². The normalized spacial score (nSPS) is 12.5. The molecule has 19 heavy (non-hydrogen) atoms. The zero-order valence-electron chi connectivity index (χ0n) is 12.1. The van der Waals surface area contributed by atoms with Crippen LogP contribution in [0.2, 0.25) is 0 Å². The number of Topliss-reactive ketones (excluding diaryl/α,β-unsaturated/α-hetero) is 1. The van der Waals surface area contributed by atoms with Crippen LogP contribution in [0.5, 0.6) is 5.75 Å². The van der Waals surface area contributed by atoms with Gasteiger partial charge in [0.1, 0.15) is 5.00 Å². The summed E-state index contributed by atoms with van der Waals surface area (Å²) in [6.45, 7) is 6.26. The second-order valence-electron chi connectivity index (χ2n) is 4.73. The van der Waals surface area contributed by atoms with E-state index < -0.39 is 0 Å². The summed E-state index contributed by atoms with van der Waals surface area (Å²) in [5, 5.41) is 4.03. The molecule has 0 saturated carbocycles. The van der Waals surface area contributed by atoms with Crippen LogP contribution < -0.4 is 15.8 Å². The van der Waals surface area contributed by atoms with Crippen molar-refractivity contribution in [2.24, 2.45) is 5.92 Å². The van der Waals surface area contributed by atoms with Gasteiger partial charge in [0.15, 0.2) is 11.5 Å². The molecule has 1 aromatic rings. The average Bonchev–Trinajstić information content (AvgIpc) is 2.64. The van der Waals surface area contributed by atoms with Crippen LogP contribution in [0, 0.1) is 5.92 Å². The summed E-state index contributed by atoms with van der Waals surface area (Å²) in [6, 6.07) is 0.110. The number of ketones is 1. The minimum atomic E-state index is -0.0881. The van der Waals surface area contributed by atoms with Crippen molar-refractivity contribution < 1.29 is 14.3 Å². The Morgan fingerprint density at radius 1 is 1.37 bits per heavy atom. The van der Waals surface area contributed by atoms with Crippen molar-refractivity contribution >= 4 is 27.8 Å². The Morgan fingerprint density at radius 3 is 2.47 bits per heavy atom. The lowest BCUT2D eigenvalue weighted by Crippen LogP contribution is -2.20. The summed E-state index contributed by atoms with van der Waals surface area (Å²) in [6.07, 6.45) is 0. The Morgan fingerprint density at radius 2 is 2.00 bits per heavy atom. The van der Waals surface area contributed by atoms with Gasteiger partial charge in [0.2, 0.25) is 0 Å². The molecular formula is C13H22N2O3S. The van der Waals surface area contributed by atoms with Crippen molar-refractivity contribution in [3.63, 3.8) is 0 Å². The molecule has 6 heteroatoms. The fraction of sp³-hybridized carbons (Fsp3) is 0.615. The van der Waals surface area contributed by atoms with E-state index in [-0.39, 0.29) is 17.7 Å². The molecule has 0 aromatic carbocycles. The molecule has 0 fully saturated rings. The number of nitrogens with two attached hydrogens (primary N) is 1. The van der Waals surface area contributed by atoms with E-state index in [1.807, 2.05) is 20.8 Å². The standard InChI is InChI=1S/C13H22N2O3S/c1-7(2)10(16)12-9(14)11(18-5)13(19-12)15-8(3)6-17-4/h7-8,15H,6,14H2,1-5H3. The molecule has 0 radical (unpaired) electrons. The smallest absolute Gasteiger partial charge is 0.177 e. The highest BCUT2D eigenvalue weighted by molar-refractivity contribution is 7.19. The molecule has 1 unspecified atom stereocenters. The van der Waals surface area contributed by atoms with E-state index in [9.17, 15) is 4.79 Å². The lowest BCUT2D eigenvalue weighted by Gasteiger charge is -2.13. The number of rotatable bonds is 7. The van der Waals surface area contributed by atoms with Crippen molar-refractivity contribution in [2.75, 3.05) is 31.9 Å². The Bertz CT molecular complexity index is 443. The van der Waals surface area contributed by atoms with Crippen molar-refractivity contribution in [1.82, 2.24) is 0 Å². The molecule has 1 heterocycles. The molecule has 0 saturated heterocycles. The molecule has 1 aromatic heterocycles. The van der Waals surface area contributed by atoms with Crippen LogP contribution in [-0.4, -0.2) is 32.7 Å². The molecule has 3 N–H and O–H groups in total. The number of ether oxygens (including phenoxy) is 2. The Labute approximate surface area is 118 Å². The van der Waals surface area contributed by atoms with Gasteiger partial charge in [0, 0.05) is 19.1 Å². The molecule has 0 aliphatic heterocycles. The number of carbonyl (C=O) groups is 1. The van der Waals surface area contributed by atoms with Crippen molar-refractivity contribution in [2.45, 2.75) is 26.8 Å². The Hall–Kier alpha value is -1.27. The maximum Gasteiger partial charge on any atom is 0.177 e. The van der Waals surface area contributed by atoms with Gasteiger partial charge in [-0.1, -0.05) is 13.8 Å². The van der Waals surface area contributed by atoms with Crippen LogP contribution in [0.15, 0.2) is 0 Å². The second-order valence-corrected chi connectivity index (χ2v) is 5.75. The second kappa shape index (κ2) is 6.77. The minimum Gasteiger partial charge on any atom is -0.492 e. The van der Waals surface area contributed by atoms with Crippen LogP contribution in [0.25, 0.3) is 0 Å². The summed E-state index contributed by atoms with van der Waals surface area (Å²) in [5.41, 5.74) is 6.41. The van der Waals surface area contributed by atoms with Gasteiger partial charge in [-0.05, 0) is 6.92 Å². The Kier molecular flexibility index (Phi) is 5.62. The van der Waals surface area contributed by atoms with Gasteiger partial charge >= 0.3 is 0 Å². The van der Waals surface area contributed by atoms with E-state index in [1.54, 1.807) is 14.2 Å². The van der Waals surface area contributed by atoms with E-state index in [0.29, 0.717) is 22.9 Å². The molecule has 1 rings (SSSR count). The Balaban J connectivity index is 3.05. The monoisotopic (exact) mass is 286 g/mol. The molecule has 0 amide bonds. The predicted molar refractivity (Wildman–Crippen MR) is 79.4 cm³/mol. The first kappa shape index (κ1) is 15.8. The van der Waals surface area contributed by atoms with E-state index in [4.69, 9.17) is 15.2 Å². The topological polar surface area (TPSA) is 73.6 Å². The van der Waals surface area contributed by atoms with Crippen LogP contribution in [0.1, 0.15) is 30.4 Å². The fourth-order valence-electron chi connectivity index (χ4n) is 1.69. The minimum absolute atomic E-state index is 0.0354. The number of nitrogens with one attached hydrogen (secondary N) is 1. The van der Waals surface area contributed by atoms with Crippen molar-refractivity contribution in [3.8, 4) is 5.75 Å². The predicted octanol–water partition coefficient (Wildman–Crippen LogP) is 2.62. The van der Waals surface area contributed by atoms with Gasteiger partial charge in [-0.3, -0.25) is 4.79 Å². The number of hydrogen-bond donors (Lipinski definition) is 2. The van der Waals surface area contributed by atoms with Gasteiger partial charge in [-0.2, -0.15) is 0 Å². The molecule has 0 spiro atoms.